The lowest BCUT2D eigenvalue weighted by Gasteiger charge is -2.21. The number of nitrogens with one attached hydrogen (secondary N) is 1. The number of hydrogen-bond acceptors (Lipinski definition) is 4. The molecule has 142 valence electrons. The molecular weight excluding hydrogens is 380 g/mol. The first-order chi connectivity index (χ1) is 13.6. The van der Waals surface area contributed by atoms with Crippen molar-refractivity contribution in [2.45, 2.75) is 6.54 Å². The SMILES string of the molecule is O=C(Nc1ccccc1)C1=COC2=NC(=O)N(Cc3cccc(Cl)c3)CCN12. The van der Waals surface area contributed by atoms with Crippen LogP contribution in [-0.2, 0) is 16.1 Å². The van der Waals surface area contributed by atoms with Crippen LogP contribution in [0, 0.1) is 0 Å². The van der Waals surface area contributed by atoms with Crippen LogP contribution in [0.1, 0.15) is 5.56 Å². The first kappa shape index (κ1) is 18.1. The van der Waals surface area contributed by atoms with E-state index in [1.165, 1.54) is 6.26 Å². The maximum absolute atomic E-state index is 12.6. The maximum atomic E-state index is 12.6. The largest absolute Gasteiger partial charge is 0.431 e. The molecule has 4 rings (SSSR count). The van der Waals surface area contributed by atoms with Crippen LogP contribution in [0.3, 0.4) is 0 Å². The van der Waals surface area contributed by atoms with Gasteiger partial charge < -0.3 is 15.0 Å². The van der Waals surface area contributed by atoms with Crippen molar-refractivity contribution in [2.75, 3.05) is 18.4 Å². The van der Waals surface area contributed by atoms with Crippen LogP contribution in [-0.4, -0.2) is 40.8 Å². The van der Waals surface area contributed by atoms with Gasteiger partial charge in [0.2, 0.25) is 0 Å². The average Bonchev–Trinajstić information content (AvgIpc) is 3.01. The number of fused-ring (bicyclic) bond motifs is 1. The van der Waals surface area contributed by atoms with Crippen LogP contribution in [0.15, 0.2) is 71.5 Å². The van der Waals surface area contributed by atoms with Crippen molar-refractivity contribution in [2.24, 2.45) is 4.99 Å². The number of aliphatic imine (C=N–C) groups is 1. The maximum Gasteiger partial charge on any atom is 0.348 e. The molecule has 0 aliphatic carbocycles. The number of amidine groups is 1. The summed E-state index contributed by atoms with van der Waals surface area (Å²) in [6, 6.07) is 16.1. The highest BCUT2D eigenvalue weighted by Crippen LogP contribution is 2.21. The highest BCUT2D eigenvalue weighted by atomic mass is 35.5. The van der Waals surface area contributed by atoms with Crippen LogP contribution in [0.5, 0.6) is 0 Å². The Kier molecular flexibility index (Phi) is 4.99. The number of halogens is 1. The van der Waals surface area contributed by atoms with Crippen LogP contribution in [0.2, 0.25) is 5.02 Å². The van der Waals surface area contributed by atoms with E-state index in [1.807, 2.05) is 36.4 Å². The summed E-state index contributed by atoms with van der Waals surface area (Å²) >= 11 is 6.02. The highest BCUT2D eigenvalue weighted by Gasteiger charge is 2.33. The quantitative estimate of drug-likeness (QED) is 0.859. The Hall–Kier alpha value is -3.32. The number of hydrogen-bond donors (Lipinski definition) is 1. The fourth-order valence-electron chi connectivity index (χ4n) is 3.01. The molecule has 2 aliphatic rings. The van der Waals surface area contributed by atoms with E-state index in [1.54, 1.807) is 28.0 Å². The van der Waals surface area contributed by atoms with E-state index >= 15 is 0 Å². The summed E-state index contributed by atoms with van der Waals surface area (Å²) in [5.74, 6) is -0.327. The number of carbonyl (C=O) groups is 2. The summed E-state index contributed by atoms with van der Waals surface area (Å²) in [5, 5.41) is 3.42. The van der Waals surface area contributed by atoms with Gasteiger partial charge in [0.05, 0.1) is 0 Å². The van der Waals surface area contributed by atoms with Gasteiger partial charge in [-0.15, -0.1) is 4.99 Å². The van der Waals surface area contributed by atoms with Crippen LogP contribution >= 0.6 is 11.6 Å². The normalized spacial score (nSPS) is 16.0. The molecule has 1 N–H and O–H groups in total. The fraction of sp³-hybridized carbons (Fsp3) is 0.150. The first-order valence-corrected chi connectivity index (χ1v) is 9.11. The van der Waals surface area contributed by atoms with Gasteiger partial charge in [0.1, 0.15) is 12.0 Å². The van der Waals surface area contributed by atoms with Gasteiger partial charge in [0, 0.05) is 30.3 Å². The number of amides is 3. The molecule has 2 aliphatic heterocycles. The summed E-state index contributed by atoms with van der Waals surface area (Å²) in [5.41, 5.74) is 1.88. The standard InChI is InChI=1S/C20H17ClN4O3/c21-15-6-4-5-14(11-15)12-24-9-10-25-17(13-28-20(25)23-19(24)27)18(26)22-16-7-2-1-3-8-16/h1-8,11,13H,9-10,12H2,(H,22,26). The van der Waals surface area contributed by atoms with E-state index in [4.69, 9.17) is 16.3 Å². The molecule has 7 nitrogen and oxygen atoms in total. The minimum atomic E-state index is -0.421. The fourth-order valence-corrected chi connectivity index (χ4v) is 3.22. The van der Waals surface area contributed by atoms with Crippen molar-refractivity contribution in [3.05, 3.63) is 77.1 Å². The zero-order chi connectivity index (χ0) is 19.5. The predicted octanol–water partition coefficient (Wildman–Crippen LogP) is 3.44. The third-order valence-corrected chi connectivity index (χ3v) is 4.61. The van der Waals surface area contributed by atoms with E-state index in [0.717, 1.165) is 5.56 Å². The van der Waals surface area contributed by atoms with Crippen LogP contribution in [0.4, 0.5) is 10.5 Å². The van der Waals surface area contributed by atoms with Crippen molar-refractivity contribution in [3.63, 3.8) is 0 Å². The lowest BCUT2D eigenvalue weighted by atomic mass is 10.2. The molecule has 28 heavy (non-hydrogen) atoms. The third kappa shape index (κ3) is 3.84. The zero-order valence-corrected chi connectivity index (χ0v) is 15.6. The van der Waals surface area contributed by atoms with Crippen molar-refractivity contribution >= 4 is 35.2 Å². The van der Waals surface area contributed by atoms with Crippen molar-refractivity contribution in [1.82, 2.24) is 9.80 Å². The van der Waals surface area contributed by atoms with Crippen molar-refractivity contribution < 1.29 is 14.3 Å². The van der Waals surface area contributed by atoms with Gasteiger partial charge in [0.15, 0.2) is 0 Å². The molecule has 0 aromatic heterocycles. The second kappa shape index (κ2) is 7.74. The summed E-state index contributed by atoms with van der Waals surface area (Å²) in [7, 11) is 0. The summed E-state index contributed by atoms with van der Waals surface area (Å²) in [6.07, 6.45) is 1.32. The summed E-state index contributed by atoms with van der Waals surface area (Å²) in [4.78, 5) is 32.3. The number of carbonyl (C=O) groups excluding carboxylic acids is 2. The Morgan fingerprint density at radius 2 is 1.96 bits per heavy atom. The second-order valence-corrected chi connectivity index (χ2v) is 6.76. The zero-order valence-electron chi connectivity index (χ0n) is 14.8. The lowest BCUT2D eigenvalue weighted by molar-refractivity contribution is -0.113. The summed E-state index contributed by atoms with van der Waals surface area (Å²) in [6.45, 7) is 1.15. The Labute approximate surface area is 166 Å². The Morgan fingerprint density at radius 1 is 1.14 bits per heavy atom. The number of anilines is 1. The van der Waals surface area contributed by atoms with E-state index in [9.17, 15) is 9.59 Å². The average molecular weight is 397 g/mol. The highest BCUT2D eigenvalue weighted by molar-refractivity contribution is 6.30. The first-order valence-electron chi connectivity index (χ1n) is 8.73. The van der Waals surface area contributed by atoms with Crippen molar-refractivity contribution in [1.29, 1.82) is 0 Å². The smallest absolute Gasteiger partial charge is 0.348 e. The Bertz CT molecular complexity index is 974. The molecule has 3 amide bonds. The van der Waals surface area contributed by atoms with Gasteiger partial charge in [-0.2, -0.15) is 0 Å². The molecular formula is C20H17ClN4O3. The Balaban J connectivity index is 1.46. The minimum absolute atomic E-state index is 0.108. The monoisotopic (exact) mass is 396 g/mol. The molecule has 0 bridgehead atoms. The van der Waals surface area contributed by atoms with Gasteiger partial charge in [-0.05, 0) is 29.8 Å². The second-order valence-electron chi connectivity index (χ2n) is 6.32. The van der Waals surface area contributed by atoms with Crippen LogP contribution in [0.25, 0.3) is 0 Å². The van der Waals surface area contributed by atoms with E-state index < -0.39 is 6.03 Å². The van der Waals surface area contributed by atoms with Gasteiger partial charge in [-0.3, -0.25) is 9.69 Å². The lowest BCUT2D eigenvalue weighted by Crippen LogP contribution is -2.36. The Morgan fingerprint density at radius 3 is 2.75 bits per heavy atom. The van der Waals surface area contributed by atoms with Gasteiger partial charge >= 0.3 is 12.1 Å². The van der Waals surface area contributed by atoms with Crippen molar-refractivity contribution in [3.8, 4) is 0 Å². The molecule has 0 radical (unpaired) electrons. The summed E-state index contributed by atoms with van der Waals surface area (Å²) < 4.78 is 5.38. The van der Waals surface area contributed by atoms with Gasteiger partial charge in [-0.25, -0.2) is 4.79 Å². The molecule has 0 fully saturated rings. The molecule has 0 spiro atoms. The van der Waals surface area contributed by atoms with Gasteiger partial charge in [0.25, 0.3) is 5.91 Å². The molecule has 8 heteroatoms. The number of urea groups is 1. The molecule has 2 aromatic rings. The number of benzene rings is 2. The predicted molar refractivity (Wildman–Crippen MR) is 106 cm³/mol. The minimum Gasteiger partial charge on any atom is -0.431 e. The van der Waals surface area contributed by atoms with E-state index in [0.29, 0.717) is 36.0 Å². The number of para-hydroxylation sites is 1. The molecule has 2 aromatic carbocycles. The molecule has 0 saturated carbocycles. The molecule has 0 unspecified atom stereocenters. The van der Waals surface area contributed by atoms with Gasteiger partial charge in [-0.1, -0.05) is 41.9 Å². The topological polar surface area (TPSA) is 74.2 Å². The molecule has 0 atom stereocenters. The molecule has 2 heterocycles. The van der Waals surface area contributed by atoms with E-state index in [-0.39, 0.29) is 11.9 Å². The number of ether oxygens (including phenoxy) is 1. The third-order valence-electron chi connectivity index (χ3n) is 4.38. The number of nitrogens with zero attached hydrogens (tertiary/aromatic N) is 3. The number of rotatable bonds is 4. The molecule has 0 saturated heterocycles. The van der Waals surface area contributed by atoms with Crippen LogP contribution < -0.4 is 5.32 Å². The van der Waals surface area contributed by atoms with E-state index in [2.05, 4.69) is 10.3 Å².